The van der Waals surface area contributed by atoms with Crippen molar-refractivity contribution in [2.45, 2.75) is 6.92 Å². The summed E-state index contributed by atoms with van der Waals surface area (Å²) < 4.78 is 4.95. The van der Waals surface area contributed by atoms with E-state index in [1.165, 1.54) is 0 Å². The Balaban J connectivity index is 1.79. The Bertz CT molecular complexity index is 604. The van der Waals surface area contributed by atoms with Crippen molar-refractivity contribution in [3.63, 3.8) is 0 Å². The molecule has 1 aliphatic heterocycles. The van der Waals surface area contributed by atoms with E-state index in [2.05, 4.69) is 11.4 Å². The van der Waals surface area contributed by atoms with Crippen molar-refractivity contribution in [3.8, 4) is 6.07 Å². The van der Waals surface area contributed by atoms with Crippen LogP contribution in [0.15, 0.2) is 24.3 Å². The average Bonchev–Trinajstić information content (AvgIpc) is 2.60. The number of piperazine rings is 1. The number of benzene rings is 1. The number of carbonyl (C=O) groups is 2. The first-order chi connectivity index (χ1) is 11.1. The van der Waals surface area contributed by atoms with Gasteiger partial charge in [0.15, 0.2) is 0 Å². The summed E-state index contributed by atoms with van der Waals surface area (Å²) >= 11 is 0. The van der Waals surface area contributed by atoms with Crippen molar-refractivity contribution in [2.24, 2.45) is 0 Å². The number of anilines is 1. The summed E-state index contributed by atoms with van der Waals surface area (Å²) in [5.41, 5.74) is 1.29. The first-order valence-electron chi connectivity index (χ1n) is 7.57. The smallest absolute Gasteiger partial charge is 0.409 e. The van der Waals surface area contributed by atoms with Crippen molar-refractivity contribution in [3.05, 3.63) is 29.8 Å². The molecule has 7 nitrogen and oxygen atoms in total. The van der Waals surface area contributed by atoms with Crippen molar-refractivity contribution < 1.29 is 14.3 Å². The number of ether oxygens (including phenoxy) is 1. The Morgan fingerprint density at radius 3 is 2.61 bits per heavy atom. The van der Waals surface area contributed by atoms with Gasteiger partial charge in [0.2, 0.25) is 5.91 Å². The first kappa shape index (κ1) is 16.6. The molecule has 0 atom stereocenters. The lowest BCUT2D eigenvalue weighted by atomic mass is 10.2. The van der Waals surface area contributed by atoms with E-state index in [1.54, 1.807) is 34.9 Å². The zero-order chi connectivity index (χ0) is 16.7. The van der Waals surface area contributed by atoms with Gasteiger partial charge >= 0.3 is 6.09 Å². The van der Waals surface area contributed by atoms with Crippen molar-refractivity contribution in [2.75, 3.05) is 44.6 Å². The van der Waals surface area contributed by atoms with Gasteiger partial charge in [0.25, 0.3) is 0 Å². The highest BCUT2D eigenvalue weighted by Gasteiger charge is 2.24. The molecule has 0 unspecified atom stereocenters. The van der Waals surface area contributed by atoms with Crippen LogP contribution in [0.4, 0.5) is 10.5 Å². The molecular weight excluding hydrogens is 296 g/mol. The fourth-order valence-electron chi connectivity index (χ4n) is 2.34. The third-order valence-electron chi connectivity index (χ3n) is 3.59. The number of amides is 2. The van der Waals surface area contributed by atoms with Crippen LogP contribution < -0.4 is 5.32 Å². The van der Waals surface area contributed by atoms with Gasteiger partial charge < -0.3 is 19.9 Å². The summed E-state index contributed by atoms with van der Waals surface area (Å²) in [6, 6.07) is 9.05. The van der Waals surface area contributed by atoms with Crippen LogP contribution in [0, 0.1) is 11.3 Å². The Morgan fingerprint density at radius 2 is 1.96 bits per heavy atom. The molecule has 122 valence electrons. The molecule has 1 N–H and O–H groups in total. The molecule has 1 aliphatic rings. The minimum atomic E-state index is -0.328. The van der Waals surface area contributed by atoms with Gasteiger partial charge in [-0.2, -0.15) is 5.26 Å². The number of hydrogen-bond acceptors (Lipinski definition) is 5. The first-order valence-corrected chi connectivity index (χ1v) is 7.57. The maximum Gasteiger partial charge on any atom is 0.409 e. The summed E-state index contributed by atoms with van der Waals surface area (Å²) in [5.74, 6) is -0.0316. The van der Waals surface area contributed by atoms with E-state index in [0.717, 1.165) is 5.69 Å². The zero-order valence-corrected chi connectivity index (χ0v) is 13.1. The van der Waals surface area contributed by atoms with Gasteiger partial charge in [0.05, 0.1) is 24.8 Å². The van der Waals surface area contributed by atoms with E-state index in [0.29, 0.717) is 38.3 Å². The Kier molecular flexibility index (Phi) is 5.80. The lowest BCUT2D eigenvalue weighted by molar-refractivity contribution is -0.130. The predicted molar refractivity (Wildman–Crippen MR) is 84.8 cm³/mol. The molecule has 1 aromatic carbocycles. The third-order valence-corrected chi connectivity index (χ3v) is 3.59. The maximum atomic E-state index is 12.2. The van der Waals surface area contributed by atoms with Crippen LogP contribution in [0.25, 0.3) is 0 Å². The topological polar surface area (TPSA) is 85.7 Å². The average molecular weight is 316 g/mol. The molecule has 1 aromatic rings. The SMILES string of the molecule is CCOC(=O)N1CCN(C(=O)CNc2cccc(C#N)c2)CC1. The minimum absolute atomic E-state index is 0.0316. The number of nitrogens with zero attached hydrogens (tertiary/aromatic N) is 3. The highest BCUT2D eigenvalue weighted by Crippen LogP contribution is 2.10. The van der Waals surface area contributed by atoms with Crippen molar-refractivity contribution >= 4 is 17.7 Å². The van der Waals surface area contributed by atoms with Crippen LogP contribution in [-0.2, 0) is 9.53 Å². The van der Waals surface area contributed by atoms with Crippen LogP contribution in [0.2, 0.25) is 0 Å². The molecule has 0 saturated carbocycles. The lowest BCUT2D eigenvalue weighted by Crippen LogP contribution is -2.51. The molecule has 23 heavy (non-hydrogen) atoms. The quantitative estimate of drug-likeness (QED) is 0.904. The number of rotatable bonds is 4. The number of carbonyl (C=O) groups excluding carboxylic acids is 2. The summed E-state index contributed by atoms with van der Waals surface area (Å²) in [5, 5.41) is 11.9. The molecular formula is C16H20N4O3. The van der Waals surface area contributed by atoms with Crippen LogP contribution in [-0.4, -0.2) is 61.1 Å². The van der Waals surface area contributed by atoms with Crippen molar-refractivity contribution in [1.29, 1.82) is 5.26 Å². The predicted octanol–water partition coefficient (Wildman–Crippen LogP) is 1.27. The van der Waals surface area contributed by atoms with Crippen LogP contribution >= 0.6 is 0 Å². The van der Waals surface area contributed by atoms with E-state index in [1.807, 2.05) is 6.07 Å². The van der Waals surface area contributed by atoms with Crippen LogP contribution in [0.1, 0.15) is 12.5 Å². The van der Waals surface area contributed by atoms with Gasteiger partial charge in [-0.15, -0.1) is 0 Å². The molecule has 0 bridgehead atoms. The molecule has 1 saturated heterocycles. The van der Waals surface area contributed by atoms with Gasteiger partial charge in [-0.05, 0) is 25.1 Å². The molecule has 1 heterocycles. The minimum Gasteiger partial charge on any atom is -0.450 e. The van der Waals surface area contributed by atoms with E-state index >= 15 is 0 Å². The highest BCUT2D eigenvalue weighted by molar-refractivity contribution is 5.81. The maximum absolute atomic E-state index is 12.2. The highest BCUT2D eigenvalue weighted by atomic mass is 16.6. The molecule has 0 aromatic heterocycles. The second-order valence-corrected chi connectivity index (χ2v) is 5.11. The van der Waals surface area contributed by atoms with E-state index in [9.17, 15) is 9.59 Å². The molecule has 7 heteroatoms. The number of nitriles is 1. The summed E-state index contributed by atoms with van der Waals surface area (Å²) in [6.07, 6.45) is -0.328. The molecule has 1 fully saturated rings. The fraction of sp³-hybridized carbons (Fsp3) is 0.438. The van der Waals surface area contributed by atoms with Crippen LogP contribution in [0.3, 0.4) is 0 Å². The van der Waals surface area contributed by atoms with Crippen molar-refractivity contribution in [1.82, 2.24) is 9.80 Å². The standard InChI is InChI=1S/C16H20N4O3/c1-2-23-16(22)20-8-6-19(7-9-20)15(21)12-18-14-5-3-4-13(10-14)11-17/h3-5,10,18H,2,6-9,12H2,1H3. The number of hydrogen-bond donors (Lipinski definition) is 1. The van der Waals surface area contributed by atoms with E-state index in [4.69, 9.17) is 10.00 Å². The van der Waals surface area contributed by atoms with Gasteiger partial charge in [-0.1, -0.05) is 6.07 Å². The monoisotopic (exact) mass is 316 g/mol. The van der Waals surface area contributed by atoms with Gasteiger partial charge in [-0.25, -0.2) is 4.79 Å². The second-order valence-electron chi connectivity index (χ2n) is 5.11. The van der Waals surface area contributed by atoms with E-state index < -0.39 is 0 Å². The third kappa shape index (κ3) is 4.61. The fourth-order valence-corrected chi connectivity index (χ4v) is 2.34. The molecule has 0 spiro atoms. The number of nitrogens with one attached hydrogen (secondary N) is 1. The van der Waals surface area contributed by atoms with Gasteiger partial charge in [0, 0.05) is 31.9 Å². The summed E-state index contributed by atoms with van der Waals surface area (Å²) in [6.45, 7) is 4.24. The van der Waals surface area contributed by atoms with Gasteiger partial charge in [-0.3, -0.25) is 4.79 Å². The summed E-state index contributed by atoms with van der Waals surface area (Å²) in [7, 11) is 0. The Morgan fingerprint density at radius 1 is 1.26 bits per heavy atom. The normalized spacial score (nSPS) is 14.1. The molecule has 0 radical (unpaired) electrons. The molecule has 0 aliphatic carbocycles. The summed E-state index contributed by atoms with van der Waals surface area (Å²) in [4.78, 5) is 27.1. The molecule has 2 amide bonds. The largest absolute Gasteiger partial charge is 0.450 e. The van der Waals surface area contributed by atoms with Crippen LogP contribution in [0.5, 0.6) is 0 Å². The van der Waals surface area contributed by atoms with Gasteiger partial charge in [0.1, 0.15) is 0 Å². The lowest BCUT2D eigenvalue weighted by Gasteiger charge is -2.34. The Labute approximate surface area is 135 Å². The second kappa shape index (κ2) is 8.03. The molecule has 2 rings (SSSR count). The zero-order valence-electron chi connectivity index (χ0n) is 13.1. The van der Waals surface area contributed by atoms with E-state index in [-0.39, 0.29) is 18.5 Å². The Hall–Kier alpha value is -2.75.